The van der Waals surface area contributed by atoms with Gasteiger partial charge in [0, 0.05) is 6.61 Å². The van der Waals surface area contributed by atoms with E-state index in [4.69, 9.17) is 17.3 Å². The summed E-state index contributed by atoms with van der Waals surface area (Å²) in [4.78, 5) is 0. The van der Waals surface area contributed by atoms with Gasteiger partial charge in [-0.1, -0.05) is 48.3 Å². The largest absolute Gasteiger partial charge is 0.393 e. The highest BCUT2D eigenvalue weighted by Crippen LogP contribution is 2.04. The van der Waals surface area contributed by atoms with E-state index in [-0.39, 0.29) is 0 Å². The molecule has 0 spiro atoms. The lowest BCUT2D eigenvalue weighted by Crippen LogP contribution is -2.49. The summed E-state index contributed by atoms with van der Waals surface area (Å²) in [6.45, 7) is 2.66. The van der Waals surface area contributed by atoms with Gasteiger partial charge in [0.2, 0.25) is 0 Å². The first-order valence-corrected chi connectivity index (χ1v) is 6.85. The monoisotopic (exact) mass is 214 g/mol. The first-order chi connectivity index (χ1) is 7.29. The molecule has 0 aromatic heterocycles. The maximum atomic E-state index is 5.73. The van der Waals surface area contributed by atoms with E-state index in [9.17, 15) is 0 Å². The van der Waals surface area contributed by atoms with E-state index >= 15 is 0 Å². The molecule has 0 fully saturated rings. The third-order valence-corrected chi connectivity index (χ3v) is 4.71. The fourth-order valence-electron chi connectivity index (χ4n) is 1.30. The van der Waals surface area contributed by atoms with Crippen molar-refractivity contribution in [2.24, 2.45) is 0 Å². The van der Waals surface area contributed by atoms with Crippen LogP contribution in [0.2, 0.25) is 0 Å². The number of hydrogen-bond donors (Lipinski definition) is 0. The summed E-state index contributed by atoms with van der Waals surface area (Å²) in [7, 11) is -2.58. The Morgan fingerprint density at radius 3 is 2.27 bits per heavy atom. The van der Waals surface area contributed by atoms with Crippen LogP contribution in [-0.2, 0) is 4.43 Å². The van der Waals surface area contributed by atoms with Gasteiger partial charge in [-0.25, -0.2) is 0 Å². The molecule has 1 nitrogen and oxygen atoms in total. The average molecular weight is 214 g/mol. The quantitative estimate of drug-likeness (QED) is 0.546. The van der Waals surface area contributed by atoms with Gasteiger partial charge in [0.05, 0.1) is 0 Å². The third kappa shape index (κ3) is 2.50. The van der Waals surface area contributed by atoms with E-state index in [0.29, 0.717) is 6.61 Å². The number of terminal acetylenes is 2. The molecule has 0 heterocycles. The van der Waals surface area contributed by atoms with Gasteiger partial charge >= 0.3 is 8.32 Å². The van der Waals surface area contributed by atoms with Crippen LogP contribution in [0, 0.1) is 23.9 Å². The van der Waals surface area contributed by atoms with Gasteiger partial charge in [-0.15, -0.1) is 12.8 Å². The van der Waals surface area contributed by atoms with Crippen molar-refractivity contribution in [2.75, 3.05) is 6.61 Å². The van der Waals surface area contributed by atoms with E-state index in [1.54, 1.807) is 0 Å². The van der Waals surface area contributed by atoms with Crippen LogP contribution in [-0.4, -0.2) is 14.9 Å². The average Bonchev–Trinajstić information content (AvgIpc) is 2.33. The van der Waals surface area contributed by atoms with Gasteiger partial charge in [-0.2, -0.15) is 0 Å². The van der Waals surface area contributed by atoms with Crippen LogP contribution < -0.4 is 5.19 Å². The van der Waals surface area contributed by atoms with Crippen LogP contribution in [0.5, 0.6) is 0 Å². The van der Waals surface area contributed by atoms with Gasteiger partial charge in [0.25, 0.3) is 0 Å². The van der Waals surface area contributed by atoms with Crippen molar-refractivity contribution in [1.82, 2.24) is 0 Å². The van der Waals surface area contributed by atoms with Gasteiger partial charge < -0.3 is 4.43 Å². The summed E-state index contributed by atoms with van der Waals surface area (Å²) in [6.07, 6.45) is 12.0. The molecule has 2 heteroatoms. The van der Waals surface area contributed by atoms with E-state index in [0.717, 1.165) is 11.6 Å². The standard InChI is InChI=1S/C13H14OSi/c1-4-12-14-15(5-2,6-3)13-10-8-7-9-11-13/h2-3,7-11H,4,12H2,1H3. The van der Waals surface area contributed by atoms with Crippen LogP contribution >= 0.6 is 0 Å². The fraction of sp³-hybridized carbons (Fsp3) is 0.231. The molecule has 1 aromatic rings. The molecule has 0 saturated heterocycles. The Hall–Kier alpha value is -1.48. The van der Waals surface area contributed by atoms with Crippen LogP contribution in [0.25, 0.3) is 0 Å². The Labute approximate surface area is 92.6 Å². The molecule has 76 valence electrons. The van der Waals surface area contributed by atoms with E-state index in [2.05, 4.69) is 11.1 Å². The molecule has 0 saturated carbocycles. The summed E-state index contributed by atoms with van der Waals surface area (Å²) >= 11 is 0. The molecule has 0 unspecified atom stereocenters. The lowest BCUT2D eigenvalue weighted by atomic mass is 10.4. The van der Waals surface area contributed by atoms with E-state index in [1.807, 2.05) is 37.3 Å². The van der Waals surface area contributed by atoms with Crippen molar-refractivity contribution in [3.63, 3.8) is 0 Å². The molecule has 0 bridgehead atoms. The van der Waals surface area contributed by atoms with Crippen LogP contribution in [0.3, 0.4) is 0 Å². The van der Waals surface area contributed by atoms with Gasteiger partial charge in [0.15, 0.2) is 0 Å². The highest BCUT2D eigenvalue weighted by Gasteiger charge is 2.33. The summed E-state index contributed by atoms with van der Waals surface area (Å²) in [5.74, 6) is 0. The fourth-order valence-corrected chi connectivity index (χ4v) is 3.23. The van der Waals surface area contributed by atoms with Crippen molar-refractivity contribution in [1.29, 1.82) is 0 Å². The normalized spacial score (nSPS) is 10.3. The van der Waals surface area contributed by atoms with E-state index < -0.39 is 8.32 Å². The molecule has 0 atom stereocenters. The van der Waals surface area contributed by atoms with E-state index in [1.165, 1.54) is 0 Å². The van der Waals surface area contributed by atoms with Crippen molar-refractivity contribution in [2.45, 2.75) is 13.3 Å². The minimum absolute atomic E-state index is 0.621. The first kappa shape index (κ1) is 11.6. The Kier molecular flexibility index (Phi) is 4.18. The first-order valence-electron chi connectivity index (χ1n) is 4.94. The predicted molar refractivity (Wildman–Crippen MR) is 65.7 cm³/mol. The molecular weight excluding hydrogens is 200 g/mol. The van der Waals surface area contributed by atoms with Gasteiger partial charge in [-0.05, 0) is 11.6 Å². The topological polar surface area (TPSA) is 9.23 Å². The van der Waals surface area contributed by atoms with Crippen molar-refractivity contribution in [3.8, 4) is 23.9 Å². The Bertz CT molecular complexity index is 369. The summed E-state index contributed by atoms with van der Waals surface area (Å²) < 4.78 is 5.73. The maximum Gasteiger partial charge on any atom is 0.386 e. The third-order valence-electron chi connectivity index (χ3n) is 2.11. The molecule has 0 aliphatic rings. The van der Waals surface area contributed by atoms with Gasteiger partial charge in [-0.3, -0.25) is 0 Å². The Balaban J connectivity index is 3.03. The molecule has 15 heavy (non-hydrogen) atoms. The van der Waals surface area contributed by atoms with Gasteiger partial charge in [0.1, 0.15) is 0 Å². The Morgan fingerprint density at radius 2 is 1.80 bits per heavy atom. The molecular formula is C13H14OSi. The zero-order chi connectivity index (χ0) is 11.1. The second kappa shape index (κ2) is 5.41. The highest BCUT2D eigenvalue weighted by atomic mass is 28.4. The maximum absolute atomic E-state index is 5.73. The smallest absolute Gasteiger partial charge is 0.386 e. The molecule has 0 aliphatic carbocycles. The number of hydrogen-bond acceptors (Lipinski definition) is 1. The predicted octanol–water partition coefficient (Wildman–Crippen LogP) is 1.61. The lowest BCUT2D eigenvalue weighted by Gasteiger charge is -2.19. The number of benzene rings is 1. The summed E-state index contributed by atoms with van der Waals surface area (Å²) in [6, 6.07) is 9.70. The SMILES string of the molecule is C#C[Si](C#C)(OCCC)c1ccccc1. The summed E-state index contributed by atoms with van der Waals surface area (Å²) in [5, 5.41) is 0.975. The minimum atomic E-state index is -2.58. The van der Waals surface area contributed by atoms with Crippen molar-refractivity contribution >= 4 is 13.5 Å². The minimum Gasteiger partial charge on any atom is -0.393 e. The molecule has 0 N–H and O–H groups in total. The second-order valence-electron chi connectivity index (χ2n) is 3.18. The Morgan fingerprint density at radius 1 is 1.20 bits per heavy atom. The lowest BCUT2D eigenvalue weighted by molar-refractivity contribution is 0.324. The molecule has 0 aliphatic heterocycles. The second-order valence-corrected chi connectivity index (χ2v) is 5.99. The number of rotatable bonds is 4. The van der Waals surface area contributed by atoms with Crippen LogP contribution in [0.15, 0.2) is 30.3 Å². The molecule has 0 radical (unpaired) electrons. The molecule has 1 rings (SSSR count). The van der Waals surface area contributed by atoms with Crippen LogP contribution in [0.1, 0.15) is 13.3 Å². The molecule has 1 aromatic carbocycles. The van der Waals surface area contributed by atoms with Crippen molar-refractivity contribution in [3.05, 3.63) is 30.3 Å². The highest BCUT2D eigenvalue weighted by molar-refractivity contribution is 6.99. The van der Waals surface area contributed by atoms with Crippen LogP contribution in [0.4, 0.5) is 0 Å². The molecule has 0 amide bonds. The zero-order valence-corrected chi connectivity index (χ0v) is 9.86. The summed E-state index contributed by atoms with van der Waals surface area (Å²) in [5.41, 5.74) is 5.39. The van der Waals surface area contributed by atoms with Crippen molar-refractivity contribution < 1.29 is 4.43 Å². The zero-order valence-electron chi connectivity index (χ0n) is 8.86.